The lowest BCUT2D eigenvalue weighted by atomic mass is 10.2. The van der Waals surface area contributed by atoms with Crippen LogP contribution >= 0.6 is 0 Å². The summed E-state index contributed by atoms with van der Waals surface area (Å²) < 4.78 is 0. The summed E-state index contributed by atoms with van der Waals surface area (Å²) in [5.74, 6) is -0.860. The van der Waals surface area contributed by atoms with Gasteiger partial charge in [0.15, 0.2) is 0 Å². The van der Waals surface area contributed by atoms with Crippen LogP contribution in [0.4, 0.5) is 5.69 Å². The van der Waals surface area contributed by atoms with Crippen LogP contribution in [0.15, 0.2) is 53.6 Å². The topological polar surface area (TPSA) is 81.9 Å². The zero-order valence-electron chi connectivity index (χ0n) is 9.95. The Labute approximate surface area is 109 Å². The van der Waals surface area contributed by atoms with Gasteiger partial charge < -0.3 is 10.2 Å². The first kappa shape index (κ1) is 12.6. The first-order valence-electron chi connectivity index (χ1n) is 5.57. The molecule has 5 nitrogen and oxygen atoms in total. The van der Waals surface area contributed by atoms with Crippen molar-refractivity contribution < 1.29 is 15.0 Å². The Kier molecular flexibility index (Phi) is 3.78. The van der Waals surface area contributed by atoms with Gasteiger partial charge in [0.05, 0.1) is 17.5 Å². The predicted octanol–water partition coefficient (Wildman–Crippen LogP) is 2.54. The normalized spacial score (nSPS) is 10.5. The molecule has 0 radical (unpaired) electrons. The highest BCUT2D eigenvalue weighted by atomic mass is 16.4. The van der Waals surface area contributed by atoms with Crippen LogP contribution in [-0.2, 0) is 0 Å². The highest BCUT2D eigenvalue weighted by molar-refractivity contribution is 5.89. The molecule has 0 amide bonds. The number of hydrogen-bond acceptors (Lipinski definition) is 4. The molecule has 0 saturated heterocycles. The van der Waals surface area contributed by atoms with Crippen LogP contribution in [0.1, 0.15) is 15.9 Å². The van der Waals surface area contributed by atoms with Gasteiger partial charge in [0.1, 0.15) is 5.75 Å². The van der Waals surface area contributed by atoms with Crippen molar-refractivity contribution in [2.75, 3.05) is 5.43 Å². The number of aromatic hydroxyl groups is 1. The lowest BCUT2D eigenvalue weighted by Crippen LogP contribution is -1.97. The number of rotatable bonds is 4. The number of nitrogens with zero attached hydrogens (tertiary/aromatic N) is 1. The molecule has 0 unspecified atom stereocenters. The van der Waals surface area contributed by atoms with Gasteiger partial charge in [-0.25, -0.2) is 4.79 Å². The van der Waals surface area contributed by atoms with Crippen LogP contribution in [0, 0.1) is 0 Å². The summed E-state index contributed by atoms with van der Waals surface area (Å²) in [5, 5.41) is 22.3. The van der Waals surface area contributed by atoms with Gasteiger partial charge in [-0.2, -0.15) is 5.10 Å². The monoisotopic (exact) mass is 256 g/mol. The molecule has 0 aliphatic carbocycles. The van der Waals surface area contributed by atoms with E-state index in [-0.39, 0.29) is 11.3 Å². The number of carbonyl (C=O) groups is 1. The molecule has 2 rings (SSSR count). The fourth-order valence-corrected chi connectivity index (χ4v) is 1.49. The molecule has 96 valence electrons. The van der Waals surface area contributed by atoms with Crippen molar-refractivity contribution in [1.82, 2.24) is 0 Å². The van der Waals surface area contributed by atoms with Gasteiger partial charge in [0.2, 0.25) is 0 Å². The van der Waals surface area contributed by atoms with Crippen LogP contribution in [0.3, 0.4) is 0 Å². The zero-order valence-corrected chi connectivity index (χ0v) is 9.95. The van der Waals surface area contributed by atoms with E-state index >= 15 is 0 Å². The van der Waals surface area contributed by atoms with E-state index in [1.807, 2.05) is 0 Å². The van der Waals surface area contributed by atoms with Crippen LogP contribution < -0.4 is 5.43 Å². The SMILES string of the molecule is O=C(O)c1cccc(N/N=C\c2ccccc2O)c1. The number of nitrogens with one attached hydrogen (secondary N) is 1. The van der Waals surface area contributed by atoms with Crippen LogP contribution in [-0.4, -0.2) is 22.4 Å². The third-order valence-corrected chi connectivity index (χ3v) is 2.44. The molecule has 0 aliphatic heterocycles. The second kappa shape index (κ2) is 5.68. The number of phenolic OH excluding ortho intramolecular Hbond substituents is 1. The lowest BCUT2D eigenvalue weighted by Gasteiger charge is -2.02. The first-order chi connectivity index (χ1) is 9.16. The second-order valence-electron chi connectivity index (χ2n) is 3.81. The molecule has 19 heavy (non-hydrogen) atoms. The molecule has 0 aromatic heterocycles. The largest absolute Gasteiger partial charge is 0.507 e. The predicted molar refractivity (Wildman–Crippen MR) is 72.7 cm³/mol. The highest BCUT2D eigenvalue weighted by Crippen LogP contribution is 2.14. The van der Waals surface area contributed by atoms with E-state index < -0.39 is 5.97 Å². The molecule has 5 heteroatoms. The van der Waals surface area contributed by atoms with Gasteiger partial charge in [-0.05, 0) is 30.3 Å². The van der Waals surface area contributed by atoms with Crippen molar-refractivity contribution in [3.05, 3.63) is 59.7 Å². The highest BCUT2D eigenvalue weighted by Gasteiger charge is 2.02. The smallest absolute Gasteiger partial charge is 0.335 e. The fourth-order valence-electron chi connectivity index (χ4n) is 1.49. The Balaban J connectivity index is 2.09. The van der Waals surface area contributed by atoms with Gasteiger partial charge in [0.25, 0.3) is 0 Å². The standard InChI is InChI=1S/C14H12N2O3/c17-13-7-2-1-4-11(13)9-15-16-12-6-3-5-10(8-12)14(18)19/h1-9,16-17H,(H,18,19)/b15-9-. The van der Waals surface area contributed by atoms with Crippen molar-refractivity contribution in [1.29, 1.82) is 0 Å². The Hall–Kier alpha value is -2.82. The second-order valence-corrected chi connectivity index (χ2v) is 3.81. The minimum absolute atomic E-state index is 0.132. The Morgan fingerprint density at radius 3 is 2.68 bits per heavy atom. The molecule has 0 heterocycles. The molecule has 0 fully saturated rings. The van der Waals surface area contributed by atoms with Crippen molar-refractivity contribution in [2.24, 2.45) is 5.10 Å². The average Bonchev–Trinajstić information content (AvgIpc) is 2.41. The Morgan fingerprint density at radius 1 is 1.16 bits per heavy atom. The molecule has 3 N–H and O–H groups in total. The summed E-state index contributed by atoms with van der Waals surface area (Å²) in [5.41, 5.74) is 4.03. The summed E-state index contributed by atoms with van der Waals surface area (Å²) >= 11 is 0. The van der Waals surface area contributed by atoms with E-state index in [0.717, 1.165) is 0 Å². The van der Waals surface area contributed by atoms with E-state index in [1.54, 1.807) is 36.4 Å². The number of benzene rings is 2. The maximum absolute atomic E-state index is 10.8. The van der Waals surface area contributed by atoms with E-state index in [1.165, 1.54) is 18.3 Å². The zero-order chi connectivity index (χ0) is 13.7. The molecule has 2 aromatic carbocycles. The van der Waals surface area contributed by atoms with Gasteiger partial charge in [-0.3, -0.25) is 5.43 Å². The number of phenols is 1. The van der Waals surface area contributed by atoms with Crippen molar-refractivity contribution in [3.63, 3.8) is 0 Å². The van der Waals surface area contributed by atoms with Crippen molar-refractivity contribution in [3.8, 4) is 5.75 Å². The summed E-state index contributed by atoms with van der Waals surface area (Å²) in [7, 11) is 0. The molecule has 2 aromatic rings. The summed E-state index contributed by atoms with van der Waals surface area (Å²) in [4.78, 5) is 10.8. The first-order valence-corrected chi connectivity index (χ1v) is 5.57. The third-order valence-electron chi connectivity index (χ3n) is 2.44. The summed E-state index contributed by atoms with van der Waals surface area (Å²) in [6.45, 7) is 0. The molecule has 0 bridgehead atoms. The molecule has 0 atom stereocenters. The van der Waals surface area contributed by atoms with Crippen LogP contribution in [0.2, 0.25) is 0 Å². The Morgan fingerprint density at radius 2 is 1.95 bits per heavy atom. The number of aromatic carboxylic acids is 1. The number of carboxylic acids is 1. The van der Waals surface area contributed by atoms with Crippen molar-refractivity contribution >= 4 is 17.9 Å². The molecule has 0 spiro atoms. The quantitative estimate of drug-likeness (QED) is 0.580. The lowest BCUT2D eigenvalue weighted by molar-refractivity contribution is 0.0697. The maximum atomic E-state index is 10.8. The van der Waals surface area contributed by atoms with Gasteiger partial charge >= 0.3 is 5.97 Å². The van der Waals surface area contributed by atoms with Crippen molar-refractivity contribution in [2.45, 2.75) is 0 Å². The molecular weight excluding hydrogens is 244 g/mol. The number of anilines is 1. The van der Waals surface area contributed by atoms with Crippen LogP contribution in [0.5, 0.6) is 5.75 Å². The maximum Gasteiger partial charge on any atom is 0.335 e. The number of carboxylic acid groups (broad SMARTS) is 1. The fraction of sp³-hybridized carbons (Fsp3) is 0. The van der Waals surface area contributed by atoms with Crippen LogP contribution in [0.25, 0.3) is 0 Å². The molecular formula is C14H12N2O3. The molecule has 0 saturated carbocycles. The van der Waals surface area contributed by atoms with Gasteiger partial charge in [0, 0.05) is 5.56 Å². The average molecular weight is 256 g/mol. The minimum Gasteiger partial charge on any atom is -0.507 e. The van der Waals surface area contributed by atoms with E-state index in [0.29, 0.717) is 11.3 Å². The van der Waals surface area contributed by atoms with E-state index in [9.17, 15) is 9.90 Å². The molecule has 0 aliphatic rings. The minimum atomic E-state index is -0.992. The Bertz CT molecular complexity index is 624. The summed E-state index contributed by atoms with van der Waals surface area (Å²) in [6, 6.07) is 13.1. The third kappa shape index (κ3) is 3.32. The van der Waals surface area contributed by atoms with E-state index in [4.69, 9.17) is 5.11 Å². The van der Waals surface area contributed by atoms with E-state index in [2.05, 4.69) is 10.5 Å². The summed E-state index contributed by atoms with van der Waals surface area (Å²) in [6.07, 6.45) is 1.46. The van der Waals surface area contributed by atoms with Gasteiger partial charge in [-0.15, -0.1) is 0 Å². The number of hydrogen-bond donors (Lipinski definition) is 3. The van der Waals surface area contributed by atoms with Gasteiger partial charge in [-0.1, -0.05) is 18.2 Å². The number of hydrazone groups is 1. The number of para-hydroxylation sites is 1.